The van der Waals surface area contributed by atoms with Crippen molar-refractivity contribution < 1.29 is 33.4 Å². The van der Waals surface area contributed by atoms with E-state index >= 15 is 0 Å². The molecule has 1 aromatic rings. The smallest absolute Gasteiger partial charge is 0.414 e. The van der Waals surface area contributed by atoms with E-state index in [1.54, 1.807) is 32.9 Å². The van der Waals surface area contributed by atoms with Crippen molar-refractivity contribution in [1.29, 1.82) is 0 Å². The van der Waals surface area contributed by atoms with Crippen LogP contribution in [0.4, 0.5) is 25.4 Å². The monoisotopic (exact) mass is 452 g/mol. The van der Waals surface area contributed by atoms with Crippen molar-refractivity contribution in [3.05, 3.63) is 24.0 Å². The zero-order valence-corrected chi connectivity index (χ0v) is 18.5. The molecule has 1 unspecified atom stereocenters. The zero-order chi connectivity index (χ0) is 23.5. The van der Waals surface area contributed by atoms with E-state index in [-0.39, 0.29) is 19.0 Å². The van der Waals surface area contributed by atoms with Gasteiger partial charge in [0, 0.05) is 26.2 Å². The number of aliphatic hydroxyl groups excluding tert-OH is 1. The Balaban J connectivity index is 1.57. The Morgan fingerprint density at radius 3 is 2.53 bits per heavy atom. The van der Waals surface area contributed by atoms with Crippen molar-refractivity contribution in [2.24, 2.45) is 0 Å². The van der Waals surface area contributed by atoms with Gasteiger partial charge >= 0.3 is 12.2 Å². The second-order valence-corrected chi connectivity index (χ2v) is 8.66. The maximum Gasteiger partial charge on any atom is 0.414 e. The van der Waals surface area contributed by atoms with Gasteiger partial charge in [0.2, 0.25) is 5.91 Å². The van der Waals surface area contributed by atoms with Gasteiger partial charge in [-0.25, -0.2) is 14.0 Å². The molecule has 2 N–H and O–H groups in total. The standard InChI is InChI=1S/C21H29FN4O6/c1-21(2,3)32-19(29)23-11-15-12-26(20(30)31-15)14-4-5-17(16(22)10-14)24-6-8-25(9-7-24)18(28)13-27/h4-5,10,15,27H,6-9,11-13H2,1-3H3,(H,23,29). The van der Waals surface area contributed by atoms with Gasteiger partial charge < -0.3 is 29.7 Å². The Labute approximate surface area is 185 Å². The molecule has 2 aliphatic heterocycles. The van der Waals surface area contributed by atoms with Gasteiger partial charge in [0.1, 0.15) is 24.1 Å². The lowest BCUT2D eigenvalue weighted by atomic mass is 10.2. The SMILES string of the molecule is CC(C)(C)OC(=O)NCC1CN(c2ccc(N3CCN(C(=O)CO)CC3)c(F)c2)C(=O)O1. The lowest BCUT2D eigenvalue weighted by molar-refractivity contribution is -0.134. The minimum Gasteiger partial charge on any atom is -0.444 e. The second kappa shape index (κ2) is 9.60. The summed E-state index contributed by atoms with van der Waals surface area (Å²) in [5.41, 5.74) is 0.0913. The Bertz CT molecular complexity index is 866. The number of rotatable bonds is 5. The summed E-state index contributed by atoms with van der Waals surface area (Å²) in [6.07, 6.45) is -1.82. The maximum absolute atomic E-state index is 14.8. The van der Waals surface area contributed by atoms with Crippen molar-refractivity contribution in [1.82, 2.24) is 10.2 Å². The summed E-state index contributed by atoms with van der Waals surface area (Å²) in [5.74, 6) is -0.837. The maximum atomic E-state index is 14.8. The highest BCUT2D eigenvalue weighted by Gasteiger charge is 2.33. The van der Waals surface area contributed by atoms with E-state index < -0.39 is 36.3 Å². The van der Waals surface area contributed by atoms with Crippen molar-refractivity contribution in [3.8, 4) is 0 Å². The van der Waals surface area contributed by atoms with Crippen LogP contribution < -0.4 is 15.1 Å². The fourth-order valence-corrected chi connectivity index (χ4v) is 3.57. The Kier molecular flexibility index (Phi) is 7.07. The molecule has 3 amide bonds. The third kappa shape index (κ3) is 5.78. The Morgan fingerprint density at radius 1 is 1.25 bits per heavy atom. The molecule has 1 aromatic carbocycles. The Morgan fingerprint density at radius 2 is 1.94 bits per heavy atom. The summed E-state index contributed by atoms with van der Waals surface area (Å²) in [5, 5.41) is 11.5. The number of halogens is 1. The zero-order valence-electron chi connectivity index (χ0n) is 18.5. The molecule has 176 valence electrons. The Hall–Kier alpha value is -3.08. The van der Waals surface area contributed by atoms with E-state index in [0.717, 1.165) is 0 Å². The fourth-order valence-electron chi connectivity index (χ4n) is 3.57. The summed E-state index contributed by atoms with van der Waals surface area (Å²) in [7, 11) is 0. The van der Waals surface area contributed by atoms with Gasteiger partial charge in [-0.05, 0) is 39.0 Å². The highest BCUT2D eigenvalue weighted by atomic mass is 19.1. The number of benzene rings is 1. The molecule has 1 atom stereocenters. The average molecular weight is 452 g/mol. The van der Waals surface area contributed by atoms with Crippen LogP contribution >= 0.6 is 0 Å². The van der Waals surface area contributed by atoms with Crippen LogP contribution in [0.3, 0.4) is 0 Å². The van der Waals surface area contributed by atoms with Gasteiger partial charge in [0.05, 0.1) is 24.5 Å². The van der Waals surface area contributed by atoms with E-state index in [9.17, 15) is 18.8 Å². The number of alkyl carbamates (subject to hydrolysis) is 1. The molecule has 32 heavy (non-hydrogen) atoms. The number of cyclic esters (lactones) is 1. The fraction of sp³-hybridized carbons (Fsp3) is 0.571. The predicted molar refractivity (Wildman–Crippen MR) is 114 cm³/mol. The molecule has 2 fully saturated rings. The molecule has 10 nitrogen and oxygen atoms in total. The topological polar surface area (TPSA) is 112 Å². The number of hydrogen-bond acceptors (Lipinski definition) is 7. The highest BCUT2D eigenvalue weighted by molar-refractivity contribution is 5.90. The summed E-state index contributed by atoms with van der Waals surface area (Å²) in [6, 6.07) is 4.49. The minimum atomic E-state index is -0.636. The molecule has 0 spiro atoms. The number of hydrogen-bond donors (Lipinski definition) is 2. The van der Waals surface area contributed by atoms with E-state index in [1.165, 1.54) is 15.9 Å². The van der Waals surface area contributed by atoms with Gasteiger partial charge in [-0.1, -0.05) is 0 Å². The van der Waals surface area contributed by atoms with Gasteiger partial charge in [-0.3, -0.25) is 9.69 Å². The molecular weight excluding hydrogens is 423 g/mol. The first-order valence-corrected chi connectivity index (χ1v) is 10.5. The first-order chi connectivity index (χ1) is 15.1. The summed E-state index contributed by atoms with van der Waals surface area (Å²) in [4.78, 5) is 40.3. The van der Waals surface area contributed by atoms with Crippen LogP contribution in [-0.2, 0) is 14.3 Å². The number of amides is 3. The third-order valence-corrected chi connectivity index (χ3v) is 5.10. The van der Waals surface area contributed by atoms with Crippen molar-refractivity contribution in [2.75, 3.05) is 55.7 Å². The molecule has 0 saturated carbocycles. The van der Waals surface area contributed by atoms with Crippen molar-refractivity contribution in [2.45, 2.75) is 32.5 Å². The summed E-state index contributed by atoms with van der Waals surface area (Å²) in [6.45, 7) is 6.60. The first-order valence-electron chi connectivity index (χ1n) is 10.5. The molecule has 0 bridgehead atoms. The molecular formula is C21H29FN4O6. The molecule has 0 radical (unpaired) electrons. The molecule has 2 heterocycles. The quantitative estimate of drug-likeness (QED) is 0.693. The number of carbonyl (C=O) groups excluding carboxylic acids is 3. The van der Waals surface area contributed by atoms with E-state index in [2.05, 4.69) is 5.32 Å². The largest absolute Gasteiger partial charge is 0.444 e. The molecule has 0 aromatic heterocycles. The highest BCUT2D eigenvalue weighted by Crippen LogP contribution is 2.28. The molecule has 0 aliphatic carbocycles. The van der Waals surface area contributed by atoms with Gasteiger partial charge in [-0.2, -0.15) is 0 Å². The van der Waals surface area contributed by atoms with E-state index in [1.807, 2.05) is 4.90 Å². The number of ether oxygens (including phenoxy) is 2. The number of nitrogens with zero attached hydrogens (tertiary/aromatic N) is 3. The first kappa shape index (κ1) is 23.6. The normalized spacial score (nSPS) is 19.1. The lowest BCUT2D eigenvalue weighted by Gasteiger charge is -2.36. The van der Waals surface area contributed by atoms with Crippen molar-refractivity contribution >= 4 is 29.5 Å². The summed E-state index contributed by atoms with van der Waals surface area (Å²) >= 11 is 0. The summed E-state index contributed by atoms with van der Waals surface area (Å²) < 4.78 is 25.3. The van der Waals surface area contributed by atoms with E-state index in [0.29, 0.717) is 37.6 Å². The van der Waals surface area contributed by atoms with Gasteiger partial charge in [0.15, 0.2) is 0 Å². The average Bonchev–Trinajstić information content (AvgIpc) is 3.11. The molecule has 11 heteroatoms. The van der Waals surface area contributed by atoms with Crippen LogP contribution in [-0.4, -0.2) is 85.7 Å². The van der Waals surface area contributed by atoms with Crippen molar-refractivity contribution in [3.63, 3.8) is 0 Å². The predicted octanol–water partition coefficient (Wildman–Crippen LogP) is 1.32. The number of nitrogens with one attached hydrogen (secondary N) is 1. The number of piperazine rings is 1. The van der Waals surface area contributed by atoms with Crippen LogP contribution in [0, 0.1) is 5.82 Å². The van der Waals surface area contributed by atoms with Gasteiger partial charge in [-0.15, -0.1) is 0 Å². The van der Waals surface area contributed by atoms with Crippen LogP contribution in [0.2, 0.25) is 0 Å². The van der Waals surface area contributed by atoms with Crippen LogP contribution in [0.1, 0.15) is 20.8 Å². The second-order valence-electron chi connectivity index (χ2n) is 8.66. The van der Waals surface area contributed by atoms with Gasteiger partial charge in [0.25, 0.3) is 0 Å². The lowest BCUT2D eigenvalue weighted by Crippen LogP contribution is -2.49. The number of anilines is 2. The van der Waals surface area contributed by atoms with Crippen LogP contribution in [0.25, 0.3) is 0 Å². The number of aliphatic hydroxyl groups is 1. The molecule has 2 aliphatic rings. The third-order valence-electron chi connectivity index (χ3n) is 5.10. The van der Waals surface area contributed by atoms with Crippen LogP contribution in [0.5, 0.6) is 0 Å². The minimum absolute atomic E-state index is 0.0779. The van der Waals surface area contributed by atoms with Crippen LogP contribution in [0.15, 0.2) is 18.2 Å². The van der Waals surface area contributed by atoms with E-state index in [4.69, 9.17) is 14.6 Å². The molecule has 3 rings (SSSR count). The molecule has 2 saturated heterocycles. The number of carbonyl (C=O) groups is 3.